The van der Waals surface area contributed by atoms with Gasteiger partial charge in [-0.25, -0.2) is 0 Å². The topological polar surface area (TPSA) is 95.0 Å². The summed E-state index contributed by atoms with van der Waals surface area (Å²) in [5, 5.41) is 19.7. The van der Waals surface area contributed by atoms with E-state index in [9.17, 15) is 10.1 Å². The summed E-state index contributed by atoms with van der Waals surface area (Å²) in [6, 6.07) is 16.0. The highest BCUT2D eigenvalue weighted by atomic mass is 16.6. The van der Waals surface area contributed by atoms with Crippen molar-refractivity contribution in [3.8, 4) is 11.9 Å². The molecule has 0 saturated carbocycles. The highest BCUT2D eigenvalue weighted by Crippen LogP contribution is 2.21. The summed E-state index contributed by atoms with van der Waals surface area (Å²) in [4.78, 5) is 18.2. The summed E-state index contributed by atoms with van der Waals surface area (Å²) in [5.74, 6) is 0.624. The Kier molecular flexibility index (Phi) is 5.29. The van der Waals surface area contributed by atoms with Crippen LogP contribution in [0.2, 0.25) is 0 Å². The second-order valence-electron chi connectivity index (χ2n) is 5.66. The highest BCUT2D eigenvalue weighted by Gasteiger charge is 2.22. The van der Waals surface area contributed by atoms with Crippen LogP contribution in [-0.2, 0) is 0 Å². The predicted molar refractivity (Wildman–Crippen MR) is 97.0 cm³/mol. The lowest BCUT2D eigenvalue weighted by atomic mass is 10.2. The van der Waals surface area contributed by atoms with Gasteiger partial charge in [-0.1, -0.05) is 18.2 Å². The van der Waals surface area contributed by atoms with Gasteiger partial charge in [-0.05, 0) is 24.3 Å². The summed E-state index contributed by atoms with van der Waals surface area (Å²) in [6.07, 6.45) is 1.79. The van der Waals surface area contributed by atoms with Crippen molar-refractivity contribution in [2.45, 2.75) is 0 Å². The first-order valence-corrected chi connectivity index (χ1v) is 8.11. The van der Waals surface area contributed by atoms with Gasteiger partial charge in [-0.3, -0.25) is 10.1 Å². The molecule has 0 atom stereocenters. The SMILES string of the molecule is N#CN=C(Oc1ccccc1)N1CCN(c2ccc([N+](=O)[O-])cc2)CC1. The Hall–Kier alpha value is -3.60. The van der Waals surface area contributed by atoms with Crippen LogP contribution < -0.4 is 9.64 Å². The van der Waals surface area contributed by atoms with Gasteiger partial charge in [0.25, 0.3) is 5.69 Å². The first-order valence-electron chi connectivity index (χ1n) is 8.11. The van der Waals surface area contributed by atoms with Crippen molar-refractivity contribution in [1.82, 2.24) is 4.90 Å². The minimum absolute atomic E-state index is 0.0760. The molecule has 1 saturated heterocycles. The van der Waals surface area contributed by atoms with Crippen LogP contribution in [0.1, 0.15) is 0 Å². The predicted octanol–water partition coefficient (Wildman–Crippen LogP) is 2.63. The maximum atomic E-state index is 10.7. The van der Waals surface area contributed by atoms with Gasteiger partial charge >= 0.3 is 6.02 Å². The van der Waals surface area contributed by atoms with E-state index in [-0.39, 0.29) is 11.7 Å². The zero-order chi connectivity index (χ0) is 18.4. The molecule has 2 aromatic carbocycles. The van der Waals surface area contributed by atoms with E-state index >= 15 is 0 Å². The van der Waals surface area contributed by atoms with Crippen molar-refractivity contribution in [1.29, 1.82) is 5.26 Å². The average Bonchev–Trinajstić information content (AvgIpc) is 2.69. The fourth-order valence-corrected chi connectivity index (χ4v) is 2.74. The molecule has 1 aliphatic heterocycles. The molecule has 0 aliphatic carbocycles. The number of piperazine rings is 1. The summed E-state index contributed by atoms with van der Waals surface area (Å²) >= 11 is 0. The van der Waals surface area contributed by atoms with Crippen LogP contribution in [0.3, 0.4) is 0 Å². The Balaban J connectivity index is 1.63. The lowest BCUT2D eigenvalue weighted by molar-refractivity contribution is -0.384. The van der Waals surface area contributed by atoms with Crippen LogP contribution in [-0.4, -0.2) is 42.0 Å². The molecule has 1 fully saturated rings. The number of benzene rings is 2. The number of nitrogens with zero attached hydrogens (tertiary/aromatic N) is 5. The van der Waals surface area contributed by atoms with Crippen LogP contribution >= 0.6 is 0 Å². The van der Waals surface area contributed by atoms with Crippen LogP contribution in [0.15, 0.2) is 59.6 Å². The van der Waals surface area contributed by atoms with Gasteiger partial charge in [0.05, 0.1) is 4.92 Å². The van der Waals surface area contributed by atoms with E-state index in [0.717, 1.165) is 5.69 Å². The zero-order valence-corrected chi connectivity index (χ0v) is 14.0. The van der Waals surface area contributed by atoms with Crippen LogP contribution in [0.25, 0.3) is 0 Å². The Morgan fingerprint density at radius 2 is 1.73 bits per heavy atom. The minimum Gasteiger partial charge on any atom is -0.425 e. The first-order chi connectivity index (χ1) is 12.7. The van der Waals surface area contributed by atoms with Crippen molar-refractivity contribution < 1.29 is 9.66 Å². The number of hydrogen-bond donors (Lipinski definition) is 0. The average molecular weight is 351 g/mol. The van der Waals surface area contributed by atoms with Crippen molar-refractivity contribution in [3.05, 3.63) is 64.7 Å². The molecule has 0 N–H and O–H groups in total. The Bertz CT molecular complexity index is 822. The van der Waals surface area contributed by atoms with Gasteiger partial charge < -0.3 is 14.5 Å². The number of nitriles is 1. The first kappa shape index (κ1) is 17.2. The summed E-state index contributed by atoms with van der Waals surface area (Å²) in [7, 11) is 0. The maximum absolute atomic E-state index is 10.7. The molecule has 1 heterocycles. The number of rotatable bonds is 3. The number of nitro groups is 1. The van der Waals surface area contributed by atoms with Crippen LogP contribution in [0.4, 0.5) is 11.4 Å². The third kappa shape index (κ3) is 4.08. The standard InChI is InChI=1S/C18H17N5O3/c19-14-20-18(26-17-4-2-1-3-5-17)22-12-10-21(11-13-22)15-6-8-16(9-7-15)23(24)25/h1-9H,10-13H2. The van der Waals surface area contributed by atoms with Crippen molar-refractivity contribution >= 4 is 17.4 Å². The zero-order valence-electron chi connectivity index (χ0n) is 14.0. The van der Waals surface area contributed by atoms with Crippen molar-refractivity contribution in [2.75, 3.05) is 31.1 Å². The van der Waals surface area contributed by atoms with Gasteiger partial charge in [0, 0.05) is 44.0 Å². The third-order valence-corrected chi connectivity index (χ3v) is 4.07. The quantitative estimate of drug-likeness (QED) is 0.277. The second-order valence-corrected chi connectivity index (χ2v) is 5.66. The van der Waals surface area contributed by atoms with Gasteiger partial charge in [0.15, 0.2) is 0 Å². The molecule has 26 heavy (non-hydrogen) atoms. The number of hydrogen-bond acceptors (Lipinski definition) is 6. The summed E-state index contributed by atoms with van der Waals surface area (Å²) in [5.41, 5.74) is 1.00. The number of amidine groups is 1. The van der Waals surface area contributed by atoms with Crippen molar-refractivity contribution in [3.63, 3.8) is 0 Å². The van der Waals surface area contributed by atoms with Crippen LogP contribution in [0.5, 0.6) is 5.75 Å². The largest absolute Gasteiger partial charge is 0.425 e. The second kappa shape index (κ2) is 7.98. The monoisotopic (exact) mass is 351 g/mol. The smallest absolute Gasteiger partial charge is 0.308 e. The van der Waals surface area contributed by atoms with E-state index < -0.39 is 4.92 Å². The molecule has 3 rings (SSSR count). The molecule has 0 unspecified atom stereocenters. The summed E-state index contributed by atoms with van der Waals surface area (Å²) < 4.78 is 5.74. The molecule has 2 aromatic rings. The lowest BCUT2D eigenvalue weighted by Gasteiger charge is -2.36. The van der Waals surface area contributed by atoms with E-state index in [1.54, 1.807) is 30.5 Å². The molecule has 0 aromatic heterocycles. The van der Waals surface area contributed by atoms with E-state index in [2.05, 4.69) is 9.89 Å². The Morgan fingerprint density at radius 1 is 1.08 bits per heavy atom. The fourth-order valence-electron chi connectivity index (χ4n) is 2.74. The van der Waals surface area contributed by atoms with Gasteiger partial charge in [0.2, 0.25) is 6.19 Å². The molecule has 0 spiro atoms. The van der Waals surface area contributed by atoms with Crippen molar-refractivity contribution in [2.24, 2.45) is 4.99 Å². The minimum atomic E-state index is -0.409. The van der Waals surface area contributed by atoms with E-state index in [0.29, 0.717) is 31.9 Å². The van der Waals surface area contributed by atoms with E-state index in [1.165, 1.54) is 12.1 Å². The normalized spacial score (nSPS) is 14.7. The number of ether oxygens (including phenoxy) is 1. The molecule has 8 nitrogen and oxygen atoms in total. The van der Waals surface area contributed by atoms with E-state index in [4.69, 9.17) is 10.00 Å². The van der Waals surface area contributed by atoms with Gasteiger partial charge in [-0.15, -0.1) is 4.99 Å². The van der Waals surface area contributed by atoms with E-state index in [1.807, 2.05) is 23.1 Å². The Labute approximate surface area is 150 Å². The number of para-hydroxylation sites is 1. The number of aliphatic imine (C=N–C) groups is 1. The fraction of sp³-hybridized carbons (Fsp3) is 0.222. The highest BCUT2D eigenvalue weighted by molar-refractivity contribution is 5.77. The number of anilines is 1. The van der Waals surface area contributed by atoms with Crippen LogP contribution in [0, 0.1) is 21.6 Å². The molecule has 132 valence electrons. The molecule has 1 aliphatic rings. The van der Waals surface area contributed by atoms with Gasteiger partial charge in [0.1, 0.15) is 5.75 Å². The molecular formula is C18H17N5O3. The summed E-state index contributed by atoms with van der Waals surface area (Å²) in [6.45, 7) is 2.65. The molecule has 0 radical (unpaired) electrons. The van der Waals surface area contributed by atoms with Gasteiger partial charge in [-0.2, -0.15) is 5.26 Å². The maximum Gasteiger partial charge on any atom is 0.308 e. The molecule has 0 bridgehead atoms. The Morgan fingerprint density at radius 3 is 2.31 bits per heavy atom. The molecule has 8 heteroatoms. The number of nitro benzene ring substituents is 1. The molecule has 0 amide bonds. The lowest BCUT2D eigenvalue weighted by Crippen LogP contribution is -2.50. The molecular weight excluding hydrogens is 334 g/mol. The third-order valence-electron chi connectivity index (χ3n) is 4.07. The number of non-ortho nitro benzene ring substituents is 1.